The Morgan fingerprint density at radius 3 is 2.32 bits per heavy atom. The monoisotopic (exact) mass is 293 g/mol. The van der Waals surface area contributed by atoms with Gasteiger partial charge in [0.2, 0.25) is 5.91 Å². The SMILES string of the molecule is CN(CCC(=O)O)S(=O)(=O)N1CCC(C(N)=O)CC1. The van der Waals surface area contributed by atoms with Crippen LogP contribution in [0.15, 0.2) is 0 Å². The summed E-state index contributed by atoms with van der Waals surface area (Å²) >= 11 is 0. The minimum absolute atomic E-state index is 0.0760. The average molecular weight is 293 g/mol. The molecule has 0 bridgehead atoms. The highest BCUT2D eigenvalue weighted by molar-refractivity contribution is 7.86. The van der Waals surface area contributed by atoms with E-state index in [0.717, 1.165) is 4.31 Å². The number of carboxylic acid groups (broad SMARTS) is 1. The Morgan fingerprint density at radius 2 is 1.89 bits per heavy atom. The molecule has 1 fully saturated rings. The van der Waals surface area contributed by atoms with Crippen molar-refractivity contribution in [3.05, 3.63) is 0 Å². The van der Waals surface area contributed by atoms with Crippen molar-refractivity contribution in [2.45, 2.75) is 19.3 Å². The molecule has 8 nitrogen and oxygen atoms in total. The van der Waals surface area contributed by atoms with Gasteiger partial charge < -0.3 is 10.8 Å². The molecule has 1 heterocycles. The summed E-state index contributed by atoms with van der Waals surface area (Å²) in [6, 6.07) is 0. The van der Waals surface area contributed by atoms with Gasteiger partial charge in [0.05, 0.1) is 6.42 Å². The third-order valence-electron chi connectivity index (χ3n) is 3.22. The van der Waals surface area contributed by atoms with Crippen LogP contribution in [0.25, 0.3) is 0 Å². The fourth-order valence-corrected chi connectivity index (χ4v) is 3.33. The third kappa shape index (κ3) is 4.15. The number of amides is 1. The molecule has 0 saturated carbocycles. The molecule has 1 aliphatic rings. The van der Waals surface area contributed by atoms with E-state index in [2.05, 4.69) is 0 Å². The molecule has 0 radical (unpaired) electrons. The van der Waals surface area contributed by atoms with Crippen molar-refractivity contribution in [2.24, 2.45) is 11.7 Å². The molecule has 9 heteroatoms. The van der Waals surface area contributed by atoms with Gasteiger partial charge in [0.1, 0.15) is 0 Å². The van der Waals surface area contributed by atoms with E-state index in [-0.39, 0.29) is 32.0 Å². The van der Waals surface area contributed by atoms with Crippen LogP contribution in [0.2, 0.25) is 0 Å². The summed E-state index contributed by atoms with van der Waals surface area (Å²) in [6.07, 6.45) is 0.566. The molecule has 1 amide bonds. The zero-order chi connectivity index (χ0) is 14.6. The fraction of sp³-hybridized carbons (Fsp3) is 0.800. The molecular weight excluding hydrogens is 274 g/mol. The van der Waals surface area contributed by atoms with Crippen LogP contribution in [0.3, 0.4) is 0 Å². The third-order valence-corrected chi connectivity index (χ3v) is 5.21. The van der Waals surface area contributed by atoms with Gasteiger partial charge in [-0.2, -0.15) is 17.0 Å². The molecule has 0 aromatic heterocycles. The first-order valence-corrected chi connectivity index (χ1v) is 7.37. The largest absolute Gasteiger partial charge is 0.481 e. The number of nitrogens with two attached hydrogens (primary N) is 1. The van der Waals surface area contributed by atoms with Crippen LogP contribution < -0.4 is 5.73 Å². The minimum atomic E-state index is -3.66. The lowest BCUT2D eigenvalue weighted by molar-refractivity contribution is -0.137. The van der Waals surface area contributed by atoms with Gasteiger partial charge in [-0.1, -0.05) is 0 Å². The number of rotatable bonds is 6. The van der Waals surface area contributed by atoms with Crippen molar-refractivity contribution in [1.29, 1.82) is 0 Å². The number of carbonyl (C=O) groups is 2. The van der Waals surface area contributed by atoms with Gasteiger partial charge in [0, 0.05) is 32.6 Å². The second-order valence-electron chi connectivity index (χ2n) is 4.55. The number of aliphatic carboxylic acids is 1. The maximum absolute atomic E-state index is 12.1. The van der Waals surface area contributed by atoms with Crippen LogP contribution >= 0.6 is 0 Å². The minimum Gasteiger partial charge on any atom is -0.481 e. The zero-order valence-corrected chi connectivity index (χ0v) is 11.6. The van der Waals surface area contributed by atoms with Crippen molar-refractivity contribution in [3.8, 4) is 0 Å². The standard InChI is InChI=1S/C10H19N3O5S/c1-12(5-4-9(14)15)19(17,18)13-6-2-8(3-7-13)10(11)16/h8H,2-7H2,1H3,(H2,11,16)(H,14,15). The molecule has 0 aromatic rings. The Hall–Kier alpha value is -1.19. The summed E-state index contributed by atoms with van der Waals surface area (Å²) in [4.78, 5) is 21.4. The van der Waals surface area contributed by atoms with Crippen molar-refractivity contribution in [2.75, 3.05) is 26.7 Å². The topological polar surface area (TPSA) is 121 Å². The summed E-state index contributed by atoms with van der Waals surface area (Å²) in [7, 11) is -2.31. The predicted molar refractivity (Wildman–Crippen MR) is 67.3 cm³/mol. The summed E-state index contributed by atoms with van der Waals surface area (Å²) < 4.78 is 26.5. The number of hydrogen-bond acceptors (Lipinski definition) is 4. The van der Waals surface area contributed by atoms with E-state index in [1.54, 1.807) is 0 Å². The van der Waals surface area contributed by atoms with Gasteiger partial charge in [-0.05, 0) is 12.8 Å². The normalized spacial score (nSPS) is 18.6. The molecule has 0 unspecified atom stereocenters. The number of carbonyl (C=O) groups excluding carboxylic acids is 1. The number of primary amides is 1. The van der Waals surface area contributed by atoms with Crippen molar-refractivity contribution >= 4 is 22.1 Å². The maximum atomic E-state index is 12.1. The van der Waals surface area contributed by atoms with E-state index >= 15 is 0 Å². The van der Waals surface area contributed by atoms with Gasteiger partial charge in [-0.3, -0.25) is 9.59 Å². The van der Waals surface area contributed by atoms with E-state index < -0.39 is 22.1 Å². The van der Waals surface area contributed by atoms with Crippen LogP contribution in [0.4, 0.5) is 0 Å². The highest BCUT2D eigenvalue weighted by atomic mass is 32.2. The number of piperidine rings is 1. The molecular formula is C10H19N3O5S. The van der Waals surface area contributed by atoms with Gasteiger partial charge in [-0.15, -0.1) is 0 Å². The van der Waals surface area contributed by atoms with Crippen LogP contribution in [-0.2, 0) is 19.8 Å². The summed E-state index contributed by atoms with van der Waals surface area (Å²) in [5.41, 5.74) is 5.18. The summed E-state index contributed by atoms with van der Waals surface area (Å²) in [5.74, 6) is -1.73. The summed E-state index contributed by atoms with van der Waals surface area (Å²) in [6.45, 7) is 0.383. The average Bonchev–Trinajstić information content (AvgIpc) is 2.35. The van der Waals surface area contributed by atoms with Gasteiger partial charge >= 0.3 is 5.97 Å². The molecule has 0 spiro atoms. The maximum Gasteiger partial charge on any atom is 0.304 e. The van der Waals surface area contributed by atoms with E-state index in [9.17, 15) is 18.0 Å². The first-order valence-electron chi connectivity index (χ1n) is 5.97. The molecule has 1 saturated heterocycles. The molecule has 0 atom stereocenters. The van der Waals surface area contributed by atoms with Crippen molar-refractivity contribution in [1.82, 2.24) is 8.61 Å². The quantitative estimate of drug-likeness (QED) is 0.639. The Labute approximate surface area is 112 Å². The van der Waals surface area contributed by atoms with Gasteiger partial charge in [-0.25, -0.2) is 0 Å². The van der Waals surface area contributed by atoms with E-state index in [1.165, 1.54) is 11.4 Å². The predicted octanol–water partition coefficient (Wildman–Crippen LogP) is -1.16. The molecule has 19 heavy (non-hydrogen) atoms. The highest BCUT2D eigenvalue weighted by Crippen LogP contribution is 2.20. The van der Waals surface area contributed by atoms with Crippen LogP contribution in [0.5, 0.6) is 0 Å². The van der Waals surface area contributed by atoms with Crippen LogP contribution in [0, 0.1) is 5.92 Å². The second-order valence-corrected chi connectivity index (χ2v) is 6.58. The van der Waals surface area contributed by atoms with E-state index in [0.29, 0.717) is 12.8 Å². The molecule has 110 valence electrons. The molecule has 1 rings (SSSR count). The van der Waals surface area contributed by atoms with Gasteiger partial charge in [0.25, 0.3) is 10.2 Å². The lowest BCUT2D eigenvalue weighted by Gasteiger charge is -2.32. The second kappa shape index (κ2) is 6.31. The van der Waals surface area contributed by atoms with Crippen molar-refractivity contribution < 1.29 is 23.1 Å². The first kappa shape index (κ1) is 15.9. The Bertz CT molecular complexity index is 442. The van der Waals surface area contributed by atoms with Crippen LogP contribution in [-0.4, -0.2) is 60.7 Å². The summed E-state index contributed by atoms with van der Waals surface area (Å²) in [5, 5.41) is 8.55. The van der Waals surface area contributed by atoms with Crippen LogP contribution in [0.1, 0.15) is 19.3 Å². The molecule has 0 aliphatic carbocycles. The highest BCUT2D eigenvalue weighted by Gasteiger charge is 2.32. The molecule has 0 aromatic carbocycles. The fourth-order valence-electron chi connectivity index (χ4n) is 1.94. The molecule has 3 N–H and O–H groups in total. The molecule has 1 aliphatic heterocycles. The number of carboxylic acids is 1. The zero-order valence-electron chi connectivity index (χ0n) is 10.8. The lowest BCUT2D eigenvalue weighted by Crippen LogP contribution is -2.47. The lowest BCUT2D eigenvalue weighted by atomic mass is 9.98. The van der Waals surface area contributed by atoms with Gasteiger partial charge in [0.15, 0.2) is 0 Å². The first-order chi connectivity index (χ1) is 8.75. The van der Waals surface area contributed by atoms with Crippen molar-refractivity contribution in [3.63, 3.8) is 0 Å². The smallest absolute Gasteiger partial charge is 0.304 e. The van der Waals surface area contributed by atoms with E-state index in [1.807, 2.05) is 0 Å². The Kier molecular flexibility index (Phi) is 5.27. The van der Waals surface area contributed by atoms with E-state index in [4.69, 9.17) is 10.8 Å². The number of nitrogens with zero attached hydrogens (tertiary/aromatic N) is 2. The Balaban J connectivity index is 2.59. The Morgan fingerprint density at radius 1 is 1.37 bits per heavy atom. The number of hydrogen-bond donors (Lipinski definition) is 2.